The molecule has 0 unspecified atom stereocenters. The van der Waals surface area contributed by atoms with Crippen LogP contribution in [0.1, 0.15) is 16.2 Å². The Balaban J connectivity index is 1.84. The summed E-state index contributed by atoms with van der Waals surface area (Å²) in [6.07, 6.45) is 6.01. The zero-order valence-corrected chi connectivity index (χ0v) is 15.7. The number of methoxy groups -OCH3 is 1. The van der Waals surface area contributed by atoms with Crippen LogP contribution < -0.4 is 5.32 Å². The van der Waals surface area contributed by atoms with Gasteiger partial charge in [0.2, 0.25) is 0 Å². The summed E-state index contributed by atoms with van der Waals surface area (Å²) in [6.45, 7) is 1.92. The van der Waals surface area contributed by atoms with Crippen molar-refractivity contribution in [3.8, 4) is 0 Å². The molecule has 0 radical (unpaired) electrons. The first kappa shape index (κ1) is 19.7. The Hall–Kier alpha value is -3.04. The van der Waals surface area contributed by atoms with Crippen molar-refractivity contribution in [2.24, 2.45) is 0 Å². The third-order valence-electron chi connectivity index (χ3n) is 4.09. The second-order valence-corrected chi connectivity index (χ2v) is 6.03. The summed E-state index contributed by atoms with van der Waals surface area (Å²) in [4.78, 5) is 25.2. The Bertz CT molecular complexity index is 914. The molecule has 0 fully saturated rings. The maximum absolute atomic E-state index is 11.9. The van der Waals surface area contributed by atoms with E-state index in [2.05, 4.69) is 20.3 Å². The van der Waals surface area contributed by atoms with Crippen molar-refractivity contribution in [2.75, 3.05) is 38.8 Å². The maximum Gasteiger partial charge on any atom is 0.337 e. The number of aliphatic hydroxyl groups excluding tert-OH is 1. The molecule has 28 heavy (non-hydrogen) atoms. The third kappa shape index (κ3) is 5.02. The molecule has 9 nitrogen and oxygen atoms in total. The first-order chi connectivity index (χ1) is 13.7. The van der Waals surface area contributed by atoms with Gasteiger partial charge in [0.1, 0.15) is 11.6 Å². The minimum atomic E-state index is -0.414. The molecule has 0 aliphatic carbocycles. The highest BCUT2D eigenvalue weighted by atomic mass is 16.5. The molecule has 2 N–H and O–H groups in total. The minimum absolute atomic E-state index is 0.0165. The van der Waals surface area contributed by atoms with Gasteiger partial charge in [-0.1, -0.05) is 0 Å². The molecular weight excluding hydrogens is 362 g/mol. The average molecular weight is 385 g/mol. The van der Waals surface area contributed by atoms with E-state index in [-0.39, 0.29) is 13.2 Å². The number of rotatable bonds is 10. The molecule has 0 aliphatic heterocycles. The predicted molar refractivity (Wildman–Crippen MR) is 103 cm³/mol. The number of fused-ring (bicyclic) bond motifs is 1. The fourth-order valence-electron chi connectivity index (χ4n) is 2.72. The molecule has 0 amide bonds. The number of hydrogen-bond donors (Lipinski definition) is 2. The third-order valence-corrected chi connectivity index (χ3v) is 4.09. The number of anilines is 1. The summed E-state index contributed by atoms with van der Waals surface area (Å²) >= 11 is 0. The van der Waals surface area contributed by atoms with Crippen molar-refractivity contribution in [3.63, 3.8) is 0 Å². The van der Waals surface area contributed by atoms with Gasteiger partial charge >= 0.3 is 5.97 Å². The Labute approximate surface area is 162 Å². The monoisotopic (exact) mass is 385 g/mol. The summed E-state index contributed by atoms with van der Waals surface area (Å²) in [5.41, 5.74) is 1.17. The van der Waals surface area contributed by atoms with Crippen LogP contribution in [0.25, 0.3) is 10.9 Å². The Morgan fingerprint density at radius 3 is 2.93 bits per heavy atom. The summed E-state index contributed by atoms with van der Waals surface area (Å²) in [5.74, 6) is 0.901. The van der Waals surface area contributed by atoms with Crippen LogP contribution in [0.5, 0.6) is 0 Å². The summed E-state index contributed by atoms with van der Waals surface area (Å²) in [5, 5.41) is 12.8. The summed E-state index contributed by atoms with van der Waals surface area (Å²) < 4.78 is 12.0. The lowest BCUT2D eigenvalue weighted by Crippen LogP contribution is -2.14. The number of carbonyl (C=O) groups is 1. The quantitative estimate of drug-likeness (QED) is 0.397. The summed E-state index contributed by atoms with van der Waals surface area (Å²) in [7, 11) is 1.35. The number of ether oxygens (including phenoxy) is 2. The van der Waals surface area contributed by atoms with Gasteiger partial charge in [-0.15, -0.1) is 0 Å². The maximum atomic E-state index is 11.9. The molecule has 2 heterocycles. The van der Waals surface area contributed by atoms with Crippen molar-refractivity contribution in [2.45, 2.75) is 13.0 Å². The van der Waals surface area contributed by atoms with E-state index in [0.29, 0.717) is 43.3 Å². The molecule has 2 aromatic heterocycles. The van der Waals surface area contributed by atoms with Crippen molar-refractivity contribution >= 4 is 22.7 Å². The number of carbonyl (C=O) groups excluding carboxylic acids is 1. The van der Waals surface area contributed by atoms with E-state index in [4.69, 9.17) is 14.6 Å². The van der Waals surface area contributed by atoms with E-state index in [1.54, 1.807) is 30.7 Å². The van der Waals surface area contributed by atoms with Gasteiger partial charge in [-0.3, -0.25) is 0 Å². The molecule has 3 rings (SSSR count). The number of aryl methyl sites for hydroxylation is 2. The van der Waals surface area contributed by atoms with Crippen LogP contribution >= 0.6 is 0 Å². The lowest BCUT2D eigenvalue weighted by molar-refractivity contribution is 0.0601. The zero-order chi connectivity index (χ0) is 19.8. The van der Waals surface area contributed by atoms with Crippen molar-refractivity contribution in [1.82, 2.24) is 19.5 Å². The van der Waals surface area contributed by atoms with E-state index in [9.17, 15) is 4.79 Å². The highest BCUT2D eigenvalue weighted by Crippen LogP contribution is 2.22. The standard InChI is InChI=1S/C19H23N5O4/c1-27-19(26)14-2-3-16-15(12-14)18(21-6-10-28-11-9-25)23-17(22-16)4-7-24-8-5-20-13-24/h2-3,5,8,12-13,25H,4,6-7,9-11H2,1H3,(H,21,22,23). The highest BCUT2D eigenvalue weighted by molar-refractivity contribution is 5.97. The van der Waals surface area contributed by atoms with Gasteiger partial charge in [-0.25, -0.2) is 19.7 Å². The Kier molecular flexibility index (Phi) is 6.88. The SMILES string of the molecule is COC(=O)c1ccc2nc(CCn3ccnc3)nc(NCCOCCO)c2c1. The number of esters is 1. The van der Waals surface area contributed by atoms with Gasteiger partial charge in [0.05, 0.1) is 44.3 Å². The van der Waals surface area contributed by atoms with Crippen LogP contribution in [0.2, 0.25) is 0 Å². The van der Waals surface area contributed by atoms with Crippen molar-refractivity contribution in [3.05, 3.63) is 48.3 Å². The molecule has 0 spiro atoms. The Morgan fingerprint density at radius 1 is 1.29 bits per heavy atom. The number of imidazole rings is 1. The predicted octanol–water partition coefficient (Wildman–Crippen LogP) is 1.28. The smallest absolute Gasteiger partial charge is 0.337 e. The normalized spacial score (nSPS) is 10.9. The molecule has 148 valence electrons. The van der Waals surface area contributed by atoms with Crippen molar-refractivity contribution < 1.29 is 19.4 Å². The zero-order valence-electron chi connectivity index (χ0n) is 15.7. The minimum Gasteiger partial charge on any atom is -0.465 e. The lowest BCUT2D eigenvalue weighted by atomic mass is 10.1. The van der Waals surface area contributed by atoms with Gasteiger partial charge in [0.15, 0.2) is 0 Å². The van der Waals surface area contributed by atoms with Crippen LogP contribution in [-0.4, -0.2) is 64.1 Å². The lowest BCUT2D eigenvalue weighted by Gasteiger charge is -2.12. The number of aliphatic hydroxyl groups is 1. The molecule has 9 heteroatoms. The summed E-state index contributed by atoms with van der Waals surface area (Å²) in [6, 6.07) is 5.20. The van der Waals surface area contributed by atoms with Crippen LogP contribution in [0, 0.1) is 0 Å². The van der Waals surface area contributed by atoms with E-state index >= 15 is 0 Å². The van der Waals surface area contributed by atoms with Crippen LogP contribution in [0.15, 0.2) is 36.9 Å². The number of nitrogens with zero attached hydrogens (tertiary/aromatic N) is 4. The van der Waals surface area contributed by atoms with Crippen LogP contribution in [0.4, 0.5) is 5.82 Å². The Morgan fingerprint density at radius 2 is 2.18 bits per heavy atom. The second-order valence-electron chi connectivity index (χ2n) is 6.03. The molecule has 3 aromatic rings. The number of nitrogens with one attached hydrogen (secondary N) is 1. The molecular formula is C19H23N5O4. The topological polar surface area (TPSA) is 111 Å². The highest BCUT2D eigenvalue weighted by Gasteiger charge is 2.12. The van der Waals surface area contributed by atoms with Gasteiger partial charge in [0, 0.05) is 37.3 Å². The van der Waals surface area contributed by atoms with Gasteiger partial charge in [-0.05, 0) is 18.2 Å². The van der Waals surface area contributed by atoms with Crippen LogP contribution in [0.3, 0.4) is 0 Å². The largest absolute Gasteiger partial charge is 0.465 e. The molecule has 0 bridgehead atoms. The fraction of sp³-hybridized carbons (Fsp3) is 0.368. The molecule has 0 saturated carbocycles. The average Bonchev–Trinajstić information content (AvgIpc) is 3.24. The van der Waals surface area contributed by atoms with Crippen LogP contribution in [-0.2, 0) is 22.4 Å². The second kappa shape index (κ2) is 9.77. The molecule has 0 atom stereocenters. The van der Waals surface area contributed by atoms with E-state index < -0.39 is 5.97 Å². The first-order valence-electron chi connectivity index (χ1n) is 8.98. The van der Waals surface area contributed by atoms with Gasteiger partial charge in [0.25, 0.3) is 0 Å². The van der Waals surface area contributed by atoms with E-state index in [1.807, 2.05) is 10.8 Å². The van der Waals surface area contributed by atoms with E-state index in [1.165, 1.54) is 7.11 Å². The van der Waals surface area contributed by atoms with Gasteiger partial charge < -0.3 is 24.5 Å². The number of hydrogen-bond acceptors (Lipinski definition) is 8. The molecule has 0 saturated heterocycles. The van der Waals surface area contributed by atoms with Crippen molar-refractivity contribution in [1.29, 1.82) is 0 Å². The first-order valence-corrected chi connectivity index (χ1v) is 8.98. The number of aromatic nitrogens is 4. The fourth-order valence-corrected chi connectivity index (χ4v) is 2.72. The molecule has 0 aliphatic rings. The number of benzene rings is 1. The van der Waals surface area contributed by atoms with Gasteiger partial charge in [-0.2, -0.15) is 0 Å². The van der Waals surface area contributed by atoms with E-state index in [0.717, 1.165) is 10.9 Å². The molecule has 1 aromatic carbocycles.